The van der Waals surface area contributed by atoms with Gasteiger partial charge in [0, 0.05) is 19.6 Å². The lowest BCUT2D eigenvalue weighted by Crippen LogP contribution is -2.47. The molecule has 0 bridgehead atoms. The van der Waals surface area contributed by atoms with Crippen molar-refractivity contribution < 1.29 is 4.74 Å². The van der Waals surface area contributed by atoms with Gasteiger partial charge in [-0.3, -0.25) is 0 Å². The molecule has 0 amide bonds. The van der Waals surface area contributed by atoms with E-state index in [1.165, 1.54) is 0 Å². The van der Waals surface area contributed by atoms with Crippen molar-refractivity contribution in [3.8, 4) is 12.3 Å². The van der Waals surface area contributed by atoms with Gasteiger partial charge in [0.15, 0.2) is 0 Å². The zero-order chi connectivity index (χ0) is 11.2. The van der Waals surface area contributed by atoms with Crippen molar-refractivity contribution in [1.82, 2.24) is 5.32 Å². The second-order valence-electron chi connectivity index (χ2n) is 4.59. The number of hydrogen-bond acceptors (Lipinski definition) is 2. The molecule has 0 rings (SSSR count). The Morgan fingerprint density at radius 3 is 2.29 bits per heavy atom. The molecular weight excluding hydrogens is 174 g/mol. The number of likely N-dealkylation sites (N-methyl/N-ethyl adjacent to an activating group) is 1. The molecule has 82 valence electrons. The zero-order valence-electron chi connectivity index (χ0n) is 10.1. The van der Waals surface area contributed by atoms with Gasteiger partial charge in [0.2, 0.25) is 0 Å². The first-order valence-electron chi connectivity index (χ1n) is 5.17. The van der Waals surface area contributed by atoms with Gasteiger partial charge in [0.1, 0.15) is 0 Å². The van der Waals surface area contributed by atoms with E-state index in [9.17, 15) is 0 Å². The monoisotopic (exact) mass is 197 g/mol. The van der Waals surface area contributed by atoms with Crippen LogP contribution in [0.4, 0.5) is 0 Å². The molecule has 0 spiro atoms. The molecule has 0 aromatic rings. The van der Waals surface area contributed by atoms with Crippen molar-refractivity contribution in [1.29, 1.82) is 0 Å². The maximum Gasteiger partial charge on any atom is 0.0781 e. The van der Waals surface area contributed by atoms with Crippen molar-refractivity contribution in [3.05, 3.63) is 0 Å². The van der Waals surface area contributed by atoms with Gasteiger partial charge < -0.3 is 10.1 Å². The van der Waals surface area contributed by atoms with Crippen LogP contribution in [0.25, 0.3) is 0 Å². The third kappa shape index (κ3) is 4.13. The summed E-state index contributed by atoms with van der Waals surface area (Å²) < 4.78 is 5.52. The van der Waals surface area contributed by atoms with Gasteiger partial charge in [-0.1, -0.05) is 27.7 Å². The molecule has 0 aliphatic heterocycles. The molecular formula is C12H23NO. The molecule has 0 aliphatic carbocycles. The normalized spacial score (nSPS) is 16.0. The molecule has 0 fully saturated rings. The van der Waals surface area contributed by atoms with Crippen LogP contribution in [0.3, 0.4) is 0 Å². The number of nitrogens with one attached hydrogen (secondary N) is 1. The van der Waals surface area contributed by atoms with Gasteiger partial charge in [-0.05, 0) is 12.0 Å². The summed E-state index contributed by atoms with van der Waals surface area (Å²) >= 11 is 0. The minimum absolute atomic E-state index is 0.110. The summed E-state index contributed by atoms with van der Waals surface area (Å²) in [4.78, 5) is 0. The Labute approximate surface area is 88.4 Å². The van der Waals surface area contributed by atoms with Crippen molar-refractivity contribution in [2.45, 2.75) is 46.3 Å². The molecule has 2 nitrogen and oxygen atoms in total. The lowest BCUT2D eigenvalue weighted by atomic mass is 9.83. The molecule has 2 unspecified atom stereocenters. The molecule has 0 saturated heterocycles. The smallest absolute Gasteiger partial charge is 0.0781 e. The zero-order valence-corrected chi connectivity index (χ0v) is 10.1. The van der Waals surface area contributed by atoms with Gasteiger partial charge >= 0.3 is 0 Å². The minimum atomic E-state index is 0.110. The van der Waals surface area contributed by atoms with Crippen LogP contribution in [-0.4, -0.2) is 25.8 Å². The van der Waals surface area contributed by atoms with Crippen LogP contribution in [0.5, 0.6) is 0 Å². The van der Waals surface area contributed by atoms with E-state index in [2.05, 4.69) is 38.9 Å². The molecule has 2 heteroatoms. The highest BCUT2D eigenvalue weighted by Crippen LogP contribution is 2.25. The fraction of sp³-hybridized carbons (Fsp3) is 0.833. The maximum absolute atomic E-state index is 5.52. The first-order chi connectivity index (χ1) is 6.47. The van der Waals surface area contributed by atoms with E-state index < -0.39 is 0 Å². The van der Waals surface area contributed by atoms with E-state index >= 15 is 0 Å². The molecule has 0 aromatic carbocycles. The van der Waals surface area contributed by atoms with E-state index in [-0.39, 0.29) is 17.6 Å². The van der Waals surface area contributed by atoms with Crippen molar-refractivity contribution in [3.63, 3.8) is 0 Å². The third-order valence-corrected chi connectivity index (χ3v) is 2.28. The predicted molar refractivity (Wildman–Crippen MR) is 61.2 cm³/mol. The Morgan fingerprint density at radius 1 is 1.43 bits per heavy atom. The molecule has 0 aliphatic rings. The quantitative estimate of drug-likeness (QED) is 0.681. The van der Waals surface area contributed by atoms with Crippen molar-refractivity contribution >= 4 is 0 Å². The van der Waals surface area contributed by atoms with Crippen LogP contribution in [0.2, 0.25) is 0 Å². The van der Waals surface area contributed by atoms with Gasteiger partial charge in [-0.15, -0.1) is 12.3 Å². The fourth-order valence-corrected chi connectivity index (χ4v) is 1.80. The van der Waals surface area contributed by atoms with Crippen LogP contribution in [0, 0.1) is 17.8 Å². The van der Waals surface area contributed by atoms with E-state index in [1.54, 1.807) is 7.11 Å². The molecule has 0 saturated carbocycles. The van der Waals surface area contributed by atoms with Crippen LogP contribution < -0.4 is 5.32 Å². The van der Waals surface area contributed by atoms with Gasteiger partial charge in [0.25, 0.3) is 0 Å². The SMILES string of the molecule is C#CCC(NCC)C(OC)C(C)(C)C. The first-order valence-corrected chi connectivity index (χ1v) is 5.17. The molecule has 14 heavy (non-hydrogen) atoms. The van der Waals surface area contributed by atoms with E-state index in [0.717, 1.165) is 6.54 Å². The largest absolute Gasteiger partial charge is 0.379 e. The summed E-state index contributed by atoms with van der Waals surface area (Å²) in [6.07, 6.45) is 6.21. The molecule has 0 radical (unpaired) electrons. The standard InChI is InChI=1S/C12H23NO/c1-7-9-10(13-8-2)11(14-6)12(3,4)5/h1,10-11,13H,8-9H2,2-6H3. The van der Waals surface area contributed by atoms with Gasteiger partial charge in [-0.25, -0.2) is 0 Å². The van der Waals surface area contributed by atoms with E-state index in [1.807, 2.05) is 0 Å². The minimum Gasteiger partial charge on any atom is -0.379 e. The Hall–Kier alpha value is -0.520. The highest BCUT2D eigenvalue weighted by Gasteiger charge is 2.31. The highest BCUT2D eigenvalue weighted by atomic mass is 16.5. The van der Waals surface area contributed by atoms with Gasteiger partial charge in [-0.2, -0.15) is 0 Å². The lowest BCUT2D eigenvalue weighted by molar-refractivity contribution is -0.00946. The third-order valence-electron chi connectivity index (χ3n) is 2.28. The van der Waals surface area contributed by atoms with Crippen LogP contribution >= 0.6 is 0 Å². The molecule has 0 heterocycles. The number of methoxy groups -OCH3 is 1. The number of ether oxygens (including phenoxy) is 1. The summed E-state index contributed by atoms with van der Waals surface area (Å²) in [6, 6.07) is 0.245. The molecule has 0 aromatic heterocycles. The van der Waals surface area contributed by atoms with Crippen LogP contribution in [0.1, 0.15) is 34.1 Å². The van der Waals surface area contributed by atoms with Gasteiger partial charge in [0.05, 0.1) is 6.10 Å². The summed E-state index contributed by atoms with van der Waals surface area (Å²) in [5, 5.41) is 3.37. The van der Waals surface area contributed by atoms with E-state index in [4.69, 9.17) is 11.2 Å². The van der Waals surface area contributed by atoms with Crippen LogP contribution in [-0.2, 0) is 4.74 Å². The van der Waals surface area contributed by atoms with Crippen LogP contribution in [0.15, 0.2) is 0 Å². The number of terminal acetylenes is 1. The Balaban J connectivity index is 4.51. The number of rotatable bonds is 5. The number of hydrogen-bond donors (Lipinski definition) is 1. The predicted octanol–water partition coefficient (Wildman–Crippen LogP) is 2.05. The second kappa shape index (κ2) is 6.06. The first kappa shape index (κ1) is 13.5. The summed E-state index contributed by atoms with van der Waals surface area (Å²) in [6.45, 7) is 9.51. The Kier molecular flexibility index (Phi) is 5.83. The lowest BCUT2D eigenvalue weighted by Gasteiger charge is -2.35. The summed E-state index contributed by atoms with van der Waals surface area (Å²) in [5.74, 6) is 2.70. The molecule has 1 N–H and O–H groups in total. The average Bonchev–Trinajstić information content (AvgIpc) is 2.03. The Morgan fingerprint density at radius 2 is 2.00 bits per heavy atom. The Bertz CT molecular complexity index is 187. The molecule has 2 atom stereocenters. The average molecular weight is 197 g/mol. The second-order valence-corrected chi connectivity index (χ2v) is 4.59. The van der Waals surface area contributed by atoms with E-state index in [0.29, 0.717) is 6.42 Å². The summed E-state index contributed by atoms with van der Waals surface area (Å²) in [5.41, 5.74) is 0.110. The topological polar surface area (TPSA) is 21.3 Å². The van der Waals surface area contributed by atoms with Crippen molar-refractivity contribution in [2.75, 3.05) is 13.7 Å². The summed E-state index contributed by atoms with van der Waals surface area (Å²) in [7, 11) is 1.75. The highest BCUT2D eigenvalue weighted by molar-refractivity contribution is 4.96. The van der Waals surface area contributed by atoms with Crippen molar-refractivity contribution in [2.24, 2.45) is 5.41 Å². The maximum atomic E-state index is 5.52. The fourth-order valence-electron chi connectivity index (χ4n) is 1.80.